The van der Waals surface area contributed by atoms with Gasteiger partial charge in [-0.2, -0.15) is 0 Å². The minimum atomic E-state index is -1.43. The summed E-state index contributed by atoms with van der Waals surface area (Å²) in [5.74, 6) is -3.05. The summed E-state index contributed by atoms with van der Waals surface area (Å²) in [6.07, 6.45) is 4.11. The molecule has 1 N–H and O–H groups in total. The maximum absolute atomic E-state index is 13.1. The van der Waals surface area contributed by atoms with Crippen molar-refractivity contribution in [2.24, 2.45) is 18.9 Å². The van der Waals surface area contributed by atoms with Crippen molar-refractivity contribution in [2.75, 3.05) is 0 Å². The maximum Gasteiger partial charge on any atom is 0.235 e. The molecule has 9 nitrogen and oxygen atoms in total. The van der Waals surface area contributed by atoms with Crippen LogP contribution in [0, 0.1) is 18.8 Å². The van der Waals surface area contributed by atoms with Crippen LogP contribution in [-0.2, 0) is 16.6 Å². The monoisotopic (exact) mass is 466 g/mol. The van der Waals surface area contributed by atoms with Gasteiger partial charge in [0.05, 0.1) is 40.2 Å². The van der Waals surface area contributed by atoms with E-state index >= 15 is 0 Å². The van der Waals surface area contributed by atoms with E-state index in [-0.39, 0.29) is 23.1 Å². The summed E-state index contributed by atoms with van der Waals surface area (Å²) in [6, 6.07) is 3.17. The first kappa shape index (κ1) is 21.5. The van der Waals surface area contributed by atoms with E-state index in [9.17, 15) is 24.6 Å². The van der Waals surface area contributed by atoms with Crippen LogP contribution in [0.3, 0.4) is 0 Å². The third-order valence-electron chi connectivity index (χ3n) is 6.71. The molecule has 3 aromatic heterocycles. The Bertz CT molecular complexity index is 1380. The molecule has 0 aromatic carbocycles. The molecule has 0 spiro atoms. The van der Waals surface area contributed by atoms with E-state index in [2.05, 4.69) is 4.98 Å². The molecule has 1 fully saturated rings. The number of aromatic nitrogens is 3. The molecule has 0 aliphatic carbocycles. The third-order valence-corrected chi connectivity index (χ3v) is 7.86. The number of aliphatic hydroxyl groups excluding tert-OH is 1. The van der Waals surface area contributed by atoms with Crippen molar-refractivity contribution in [3.63, 3.8) is 0 Å². The first-order chi connectivity index (χ1) is 15.6. The number of β-lactam (4-membered cyclic amide) rings is 1. The summed E-state index contributed by atoms with van der Waals surface area (Å²) in [5, 5.41) is 22.1. The molecule has 5 heterocycles. The Morgan fingerprint density at radius 3 is 2.70 bits per heavy atom. The standard InChI is InChI=1S/C23H22N4O5S/c1-10-5-6-13(7-25(10)4)20(29)17-22-26(9-24-17)8-14(33-22)15-11(2)18-16(12(3)28)21(30)27(18)19(15)23(31)32/h5-9,11-12,16,18,28H,1-4H3/t11-,12+,16+,18+/m0/s1. The molecule has 10 heteroatoms. The molecular weight excluding hydrogens is 444 g/mol. The zero-order chi connectivity index (χ0) is 23.8. The minimum Gasteiger partial charge on any atom is -0.543 e. The van der Waals surface area contributed by atoms with Crippen LogP contribution in [0.2, 0.25) is 0 Å². The van der Waals surface area contributed by atoms with Gasteiger partial charge in [0.15, 0.2) is 11.9 Å². The summed E-state index contributed by atoms with van der Waals surface area (Å²) in [6.45, 7) is 5.32. The number of carbonyl (C=O) groups excluding carboxylic acids is 3. The van der Waals surface area contributed by atoms with Crippen LogP contribution in [0.5, 0.6) is 0 Å². The van der Waals surface area contributed by atoms with Crippen molar-refractivity contribution in [2.45, 2.75) is 32.9 Å². The van der Waals surface area contributed by atoms with Gasteiger partial charge in [0.1, 0.15) is 23.9 Å². The summed E-state index contributed by atoms with van der Waals surface area (Å²) >= 11 is 1.25. The average Bonchev–Trinajstić information content (AvgIpc) is 3.39. The Hall–Kier alpha value is -3.37. The fourth-order valence-electron chi connectivity index (χ4n) is 4.92. The lowest BCUT2D eigenvalue weighted by Crippen LogP contribution is -2.64. The van der Waals surface area contributed by atoms with Crippen LogP contribution in [0.1, 0.15) is 40.5 Å². The topological polar surface area (TPSA) is 119 Å². The lowest BCUT2D eigenvalue weighted by Gasteiger charge is -2.47. The van der Waals surface area contributed by atoms with E-state index in [0.29, 0.717) is 20.8 Å². The summed E-state index contributed by atoms with van der Waals surface area (Å²) in [4.78, 5) is 44.5. The molecular formula is C23H22N4O5S. The zero-order valence-corrected chi connectivity index (χ0v) is 19.3. The lowest BCUT2D eigenvalue weighted by atomic mass is 9.77. The van der Waals surface area contributed by atoms with Gasteiger partial charge < -0.3 is 19.9 Å². The summed E-state index contributed by atoms with van der Waals surface area (Å²) < 4.78 is 3.55. The molecule has 0 bridgehead atoms. The highest BCUT2D eigenvalue weighted by Crippen LogP contribution is 2.51. The lowest BCUT2D eigenvalue weighted by molar-refractivity contribution is -0.677. The second-order valence-corrected chi connectivity index (χ2v) is 9.73. The number of fused-ring (bicyclic) bond motifs is 2. The first-order valence-corrected chi connectivity index (χ1v) is 11.4. The van der Waals surface area contributed by atoms with E-state index < -0.39 is 29.9 Å². The average molecular weight is 467 g/mol. The molecule has 1 saturated heterocycles. The third kappa shape index (κ3) is 2.97. The highest BCUT2D eigenvalue weighted by Gasteiger charge is 2.58. The van der Waals surface area contributed by atoms with Gasteiger partial charge in [0, 0.05) is 30.7 Å². The Morgan fingerprint density at radius 1 is 1.33 bits per heavy atom. The highest BCUT2D eigenvalue weighted by molar-refractivity contribution is 7.18. The number of nitrogens with zero attached hydrogens (tertiary/aromatic N) is 4. The van der Waals surface area contributed by atoms with E-state index in [1.807, 2.05) is 31.5 Å². The van der Waals surface area contributed by atoms with Gasteiger partial charge >= 0.3 is 0 Å². The van der Waals surface area contributed by atoms with Gasteiger partial charge in [-0.3, -0.25) is 14.0 Å². The number of thiazole rings is 1. The molecule has 2 aliphatic heterocycles. The maximum atomic E-state index is 13.1. The van der Waals surface area contributed by atoms with Crippen molar-refractivity contribution >= 4 is 39.4 Å². The number of aliphatic carboxylic acids is 1. The van der Waals surface area contributed by atoms with E-state index in [1.54, 1.807) is 22.9 Å². The first-order valence-electron chi connectivity index (χ1n) is 10.6. The second-order valence-electron chi connectivity index (χ2n) is 8.70. The molecule has 1 amide bonds. The molecule has 33 heavy (non-hydrogen) atoms. The van der Waals surface area contributed by atoms with Crippen molar-refractivity contribution < 1.29 is 29.2 Å². The van der Waals surface area contributed by atoms with Gasteiger partial charge in [0.2, 0.25) is 11.7 Å². The minimum absolute atomic E-state index is 0.162. The van der Waals surface area contributed by atoms with Gasteiger partial charge in [-0.05, 0) is 13.0 Å². The molecule has 5 rings (SSSR count). The number of hydrogen-bond acceptors (Lipinski definition) is 7. The van der Waals surface area contributed by atoms with Gasteiger partial charge in [-0.15, -0.1) is 11.3 Å². The Labute approximate surface area is 193 Å². The van der Waals surface area contributed by atoms with Crippen molar-refractivity contribution in [1.29, 1.82) is 0 Å². The van der Waals surface area contributed by atoms with Crippen molar-refractivity contribution in [1.82, 2.24) is 14.3 Å². The fourth-order valence-corrected chi connectivity index (χ4v) is 6.13. The Morgan fingerprint density at radius 2 is 2.06 bits per heavy atom. The Kier molecular flexibility index (Phi) is 4.77. The second kappa shape index (κ2) is 7.32. The number of hydrogen-bond donors (Lipinski definition) is 1. The Balaban J connectivity index is 1.58. The van der Waals surface area contributed by atoms with Crippen LogP contribution in [0.15, 0.2) is 36.6 Å². The van der Waals surface area contributed by atoms with E-state index in [4.69, 9.17) is 0 Å². The number of pyridine rings is 1. The normalized spacial score (nSPS) is 23.1. The number of aliphatic hydroxyl groups is 1. The predicted molar refractivity (Wildman–Crippen MR) is 116 cm³/mol. The zero-order valence-electron chi connectivity index (χ0n) is 18.5. The quantitative estimate of drug-likeness (QED) is 0.323. The number of aryl methyl sites for hydroxylation is 2. The molecule has 0 saturated carbocycles. The highest BCUT2D eigenvalue weighted by atomic mass is 32.1. The number of carboxylic acids is 1. The van der Waals surface area contributed by atoms with Crippen LogP contribution >= 0.6 is 11.3 Å². The molecule has 170 valence electrons. The molecule has 3 aromatic rings. The summed E-state index contributed by atoms with van der Waals surface area (Å²) in [7, 11) is 1.86. The van der Waals surface area contributed by atoms with Crippen molar-refractivity contribution in [3.05, 3.63) is 58.4 Å². The van der Waals surface area contributed by atoms with Crippen LogP contribution < -0.4 is 9.67 Å². The van der Waals surface area contributed by atoms with Crippen LogP contribution in [0.25, 0.3) is 10.4 Å². The van der Waals surface area contributed by atoms with Crippen LogP contribution in [0.4, 0.5) is 0 Å². The predicted octanol–water partition coefficient (Wildman–Crippen LogP) is 0.0782. The number of carbonyl (C=O) groups is 3. The molecule has 2 aliphatic rings. The molecule has 0 radical (unpaired) electrons. The number of rotatable bonds is 5. The number of ketones is 1. The van der Waals surface area contributed by atoms with Gasteiger partial charge in [-0.25, -0.2) is 9.55 Å². The molecule has 0 unspecified atom stereocenters. The summed E-state index contributed by atoms with van der Waals surface area (Å²) in [5.41, 5.74) is 2.09. The number of amides is 1. The van der Waals surface area contributed by atoms with Crippen molar-refractivity contribution in [3.8, 4) is 0 Å². The van der Waals surface area contributed by atoms with E-state index in [0.717, 1.165) is 5.69 Å². The van der Waals surface area contributed by atoms with E-state index in [1.165, 1.54) is 29.5 Å². The largest absolute Gasteiger partial charge is 0.543 e. The molecule has 4 atom stereocenters. The van der Waals surface area contributed by atoms with Gasteiger partial charge in [-0.1, -0.05) is 6.92 Å². The van der Waals surface area contributed by atoms with Crippen LogP contribution in [-0.4, -0.2) is 49.2 Å². The fraction of sp³-hybridized carbons (Fsp3) is 0.348. The van der Waals surface area contributed by atoms with Gasteiger partial charge in [0.25, 0.3) is 0 Å². The number of carboxylic acid groups (broad SMARTS) is 1. The smallest absolute Gasteiger partial charge is 0.235 e. The number of imidazole rings is 1. The SMILES string of the molecule is Cc1ccc(C(=O)c2ncn3cc(C4=C(C(=O)[O-])N5C(=O)[C@H]([C@@H](C)O)[C@H]5[C@H]4C)sc23)c[n+]1C.